The Morgan fingerprint density at radius 2 is 1.56 bits per heavy atom. The Bertz CT molecular complexity index is 1410. The maximum absolute atomic E-state index is 14.2. The molecule has 2 aromatic carbocycles. The van der Waals surface area contributed by atoms with Gasteiger partial charge in [-0.15, -0.1) is 0 Å². The van der Waals surface area contributed by atoms with Crippen molar-refractivity contribution >= 4 is 11.8 Å². The molecule has 0 saturated heterocycles. The zero-order valence-electron chi connectivity index (χ0n) is 24.5. The first-order chi connectivity index (χ1) is 20.7. The van der Waals surface area contributed by atoms with Crippen molar-refractivity contribution in [2.24, 2.45) is 0 Å². The topological polar surface area (TPSA) is 85.7 Å². The van der Waals surface area contributed by atoms with E-state index in [4.69, 9.17) is 9.47 Å². The van der Waals surface area contributed by atoms with Gasteiger partial charge in [-0.3, -0.25) is 14.3 Å². The molecule has 1 unspecified atom stereocenters. The van der Waals surface area contributed by atoms with E-state index in [1.165, 1.54) is 9.58 Å². The van der Waals surface area contributed by atoms with Crippen LogP contribution in [0.4, 0.5) is 13.2 Å². The number of benzene rings is 2. The molecule has 0 spiro atoms. The SMILES string of the molecule is COc1ccc(CN(C(=O)Cn2nc(C(F)(F)F)c3c2CCCC3)C(C(=O)NC2CCCC2)c2ccc(OC)cc2)cc1. The van der Waals surface area contributed by atoms with Gasteiger partial charge in [-0.2, -0.15) is 18.3 Å². The molecule has 1 atom stereocenters. The van der Waals surface area contributed by atoms with Crippen LogP contribution in [0.5, 0.6) is 11.5 Å². The average Bonchev–Trinajstić information content (AvgIpc) is 3.65. The van der Waals surface area contributed by atoms with Crippen LogP contribution in [-0.2, 0) is 41.7 Å². The van der Waals surface area contributed by atoms with Crippen LogP contribution in [0, 0.1) is 0 Å². The van der Waals surface area contributed by atoms with Gasteiger partial charge in [0.1, 0.15) is 24.1 Å². The number of fused-ring (bicyclic) bond motifs is 1. The van der Waals surface area contributed by atoms with E-state index in [1.54, 1.807) is 62.8 Å². The number of alkyl halides is 3. The lowest BCUT2D eigenvalue weighted by Gasteiger charge is -2.33. The van der Waals surface area contributed by atoms with Gasteiger partial charge in [-0.05, 0) is 73.9 Å². The van der Waals surface area contributed by atoms with Crippen molar-refractivity contribution in [2.45, 2.75) is 82.7 Å². The van der Waals surface area contributed by atoms with Crippen LogP contribution in [-0.4, -0.2) is 46.8 Å². The molecule has 2 aliphatic rings. The van der Waals surface area contributed by atoms with Crippen molar-refractivity contribution in [3.05, 3.63) is 76.6 Å². The number of halogens is 3. The summed E-state index contributed by atoms with van der Waals surface area (Å²) in [5.74, 6) is 0.380. The lowest BCUT2D eigenvalue weighted by atomic mass is 9.95. The first-order valence-corrected chi connectivity index (χ1v) is 14.7. The van der Waals surface area contributed by atoms with E-state index >= 15 is 0 Å². The van der Waals surface area contributed by atoms with Gasteiger partial charge < -0.3 is 19.7 Å². The maximum atomic E-state index is 14.2. The average molecular weight is 599 g/mol. The van der Waals surface area contributed by atoms with Gasteiger partial charge >= 0.3 is 6.18 Å². The third kappa shape index (κ3) is 6.97. The second-order valence-electron chi connectivity index (χ2n) is 11.2. The minimum atomic E-state index is -4.62. The number of hydrogen-bond donors (Lipinski definition) is 1. The second-order valence-corrected chi connectivity index (χ2v) is 11.2. The normalized spacial score (nSPS) is 15.9. The van der Waals surface area contributed by atoms with Crippen molar-refractivity contribution in [2.75, 3.05) is 14.2 Å². The largest absolute Gasteiger partial charge is 0.497 e. The molecular weight excluding hydrogens is 561 g/mol. The van der Waals surface area contributed by atoms with Crippen LogP contribution in [0.3, 0.4) is 0 Å². The molecule has 0 bridgehead atoms. The molecule has 2 amide bonds. The molecule has 1 aromatic heterocycles. The van der Waals surface area contributed by atoms with Gasteiger partial charge in [-0.25, -0.2) is 0 Å². The molecule has 2 aliphatic carbocycles. The fraction of sp³-hybridized carbons (Fsp3) is 0.469. The van der Waals surface area contributed by atoms with Crippen molar-refractivity contribution < 1.29 is 32.2 Å². The van der Waals surface area contributed by atoms with E-state index in [2.05, 4.69) is 10.4 Å². The zero-order chi connectivity index (χ0) is 30.6. The van der Waals surface area contributed by atoms with Gasteiger partial charge in [0.05, 0.1) is 14.2 Å². The van der Waals surface area contributed by atoms with E-state index < -0.39 is 30.4 Å². The molecule has 11 heteroatoms. The highest BCUT2D eigenvalue weighted by Gasteiger charge is 2.40. The van der Waals surface area contributed by atoms with E-state index in [0.29, 0.717) is 35.6 Å². The fourth-order valence-electron chi connectivity index (χ4n) is 6.11. The van der Waals surface area contributed by atoms with Crippen LogP contribution in [0.15, 0.2) is 48.5 Å². The van der Waals surface area contributed by atoms with E-state index in [0.717, 1.165) is 37.7 Å². The minimum absolute atomic E-state index is 0.00124. The molecule has 230 valence electrons. The van der Waals surface area contributed by atoms with Crippen LogP contribution in [0.25, 0.3) is 0 Å². The summed E-state index contributed by atoms with van der Waals surface area (Å²) in [7, 11) is 3.09. The Hall–Kier alpha value is -4.02. The number of rotatable bonds is 10. The minimum Gasteiger partial charge on any atom is -0.497 e. The smallest absolute Gasteiger partial charge is 0.435 e. The number of aromatic nitrogens is 2. The summed E-state index contributed by atoms with van der Waals surface area (Å²) in [4.78, 5) is 29.6. The van der Waals surface area contributed by atoms with Gasteiger partial charge in [0.2, 0.25) is 11.8 Å². The molecule has 5 rings (SSSR count). The molecule has 0 radical (unpaired) electrons. The highest BCUT2D eigenvalue weighted by molar-refractivity contribution is 5.89. The van der Waals surface area contributed by atoms with Crippen molar-refractivity contribution in [1.82, 2.24) is 20.0 Å². The molecule has 3 aromatic rings. The predicted molar refractivity (Wildman–Crippen MR) is 154 cm³/mol. The third-order valence-electron chi connectivity index (χ3n) is 8.34. The Morgan fingerprint density at radius 1 is 0.953 bits per heavy atom. The molecule has 0 aliphatic heterocycles. The molecule has 43 heavy (non-hydrogen) atoms. The molecule has 1 N–H and O–H groups in total. The quantitative estimate of drug-likeness (QED) is 0.327. The lowest BCUT2D eigenvalue weighted by Crippen LogP contribution is -2.46. The summed E-state index contributed by atoms with van der Waals surface area (Å²) < 4.78 is 53.5. The number of amides is 2. The Kier molecular flexibility index (Phi) is 9.27. The summed E-state index contributed by atoms with van der Waals surface area (Å²) in [5.41, 5.74) is 0.977. The summed E-state index contributed by atoms with van der Waals surface area (Å²) in [6.07, 6.45) is 1.15. The molecule has 8 nitrogen and oxygen atoms in total. The molecule has 1 fully saturated rings. The van der Waals surface area contributed by atoms with Gasteiger partial charge in [0, 0.05) is 23.8 Å². The molecular formula is C32H37F3N4O4. The number of hydrogen-bond acceptors (Lipinski definition) is 5. The van der Waals surface area contributed by atoms with Gasteiger partial charge in [-0.1, -0.05) is 37.1 Å². The fourth-order valence-corrected chi connectivity index (χ4v) is 6.11. The molecule has 1 saturated carbocycles. The summed E-state index contributed by atoms with van der Waals surface area (Å²) in [5, 5.41) is 7.04. The van der Waals surface area contributed by atoms with Crippen molar-refractivity contribution in [1.29, 1.82) is 0 Å². The number of methoxy groups -OCH3 is 2. The zero-order valence-corrected chi connectivity index (χ0v) is 24.5. The number of nitrogens with zero attached hydrogens (tertiary/aromatic N) is 3. The number of ether oxygens (including phenoxy) is 2. The highest BCUT2D eigenvalue weighted by Crippen LogP contribution is 2.36. The van der Waals surface area contributed by atoms with Crippen LogP contribution in [0.2, 0.25) is 0 Å². The van der Waals surface area contributed by atoms with Crippen LogP contribution >= 0.6 is 0 Å². The second kappa shape index (κ2) is 13.1. The third-order valence-corrected chi connectivity index (χ3v) is 8.34. The summed E-state index contributed by atoms with van der Waals surface area (Å²) in [6, 6.07) is 13.0. The monoisotopic (exact) mass is 598 g/mol. The van der Waals surface area contributed by atoms with Gasteiger partial charge in [0.15, 0.2) is 5.69 Å². The number of nitrogens with one attached hydrogen (secondary N) is 1. The van der Waals surface area contributed by atoms with Crippen LogP contribution < -0.4 is 14.8 Å². The first-order valence-electron chi connectivity index (χ1n) is 14.7. The summed E-state index contributed by atoms with van der Waals surface area (Å²) in [6.45, 7) is -0.370. The number of carbonyl (C=O) groups is 2. The Morgan fingerprint density at radius 3 is 2.16 bits per heavy atom. The first kappa shape index (κ1) is 30.4. The van der Waals surface area contributed by atoms with E-state index in [9.17, 15) is 22.8 Å². The number of carbonyl (C=O) groups excluding carboxylic acids is 2. The van der Waals surface area contributed by atoms with Crippen molar-refractivity contribution in [3.8, 4) is 11.5 Å². The summed E-state index contributed by atoms with van der Waals surface area (Å²) >= 11 is 0. The molecule has 1 heterocycles. The highest BCUT2D eigenvalue weighted by atomic mass is 19.4. The Labute approximate surface area is 249 Å². The standard InChI is InChI=1S/C32H37F3N4O4/c1-42-24-15-11-21(12-16-24)19-38(28(40)20-39-27-10-6-5-9-26(27)30(37-39)32(33,34)35)29(22-13-17-25(43-2)18-14-22)31(41)36-23-7-3-4-8-23/h11-18,23,29H,3-10,19-20H2,1-2H3,(H,36,41). The van der Waals surface area contributed by atoms with Crippen LogP contribution in [0.1, 0.15) is 72.6 Å². The van der Waals surface area contributed by atoms with Crippen molar-refractivity contribution in [3.63, 3.8) is 0 Å². The van der Waals surface area contributed by atoms with E-state index in [1.807, 2.05) is 0 Å². The predicted octanol–water partition coefficient (Wildman–Crippen LogP) is 5.63. The maximum Gasteiger partial charge on any atom is 0.435 e. The van der Waals surface area contributed by atoms with E-state index in [-0.39, 0.29) is 30.5 Å². The van der Waals surface area contributed by atoms with Gasteiger partial charge in [0.25, 0.3) is 0 Å². The Balaban J connectivity index is 1.54. The lowest BCUT2D eigenvalue weighted by molar-refractivity contribution is -0.144.